The minimum Gasteiger partial charge on any atom is -0.374 e. The Morgan fingerprint density at radius 1 is 0.917 bits per heavy atom. The summed E-state index contributed by atoms with van der Waals surface area (Å²) in [4.78, 5) is 0. The lowest BCUT2D eigenvalue weighted by atomic mass is 9.83. The van der Waals surface area contributed by atoms with Crippen molar-refractivity contribution in [3.8, 4) is 0 Å². The summed E-state index contributed by atoms with van der Waals surface area (Å²) in [6, 6.07) is 21.0. The van der Waals surface area contributed by atoms with E-state index in [1.807, 2.05) is 66.7 Å². The van der Waals surface area contributed by atoms with E-state index in [1.165, 1.54) is 0 Å². The van der Waals surface area contributed by atoms with Crippen molar-refractivity contribution in [3.05, 3.63) is 89.3 Å². The van der Waals surface area contributed by atoms with E-state index < -0.39 is 5.60 Å². The van der Waals surface area contributed by atoms with E-state index in [2.05, 4.69) is 26.3 Å². The van der Waals surface area contributed by atoms with Crippen molar-refractivity contribution in [2.75, 3.05) is 21.1 Å². The first-order chi connectivity index (χ1) is 11.4. The molecule has 0 radical (unpaired) electrons. The van der Waals surface area contributed by atoms with Gasteiger partial charge in [-0.3, -0.25) is 0 Å². The molecule has 1 aromatic heterocycles. The van der Waals surface area contributed by atoms with E-state index in [4.69, 9.17) is 4.52 Å². The highest BCUT2D eigenvalue weighted by atomic mass is 16.5. The molecule has 0 aliphatic heterocycles. The van der Waals surface area contributed by atoms with E-state index in [9.17, 15) is 5.11 Å². The maximum Gasteiger partial charge on any atom is 0.191 e. The van der Waals surface area contributed by atoms with Crippen molar-refractivity contribution in [1.82, 2.24) is 5.16 Å². The molecular formula is C20H23N2O2+. The van der Waals surface area contributed by atoms with E-state index in [1.54, 1.807) is 0 Å². The molecule has 4 heteroatoms. The molecular weight excluding hydrogens is 300 g/mol. The fourth-order valence-electron chi connectivity index (χ4n) is 2.85. The van der Waals surface area contributed by atoms with Crippen LogP contribution in [0.25, 0.3) is 0 Å². The number of aromatic nitrogens is 1. The molecule has 0 saturated heterocycles. The van der Waals surface area contributed by atoms with Crippen LogP contribution in [0.2, 0.25) is 0 Å². The van der Waals surface area contributed by atoms with E-state index >= 15 is 0 Å². The van der Waals surface area contributed by atoms with Crippen molar-refractivity contribution in [2.24, 2.45) is 0 Å². The summed E-state index contributed by atoms with van der Waals surface area (Å²) in [6.07, 6.45) is 0. The van der Waals surface area contributed by atoms with Gasteiger partial charge in [0.2, 0.25) is 0 Å². The van der Waals surface area contributed by atoms with Crippen LogP contribution in [0.4, 0.5) is 0 Å². The Morgan fingerprint density at radius 3 is 1.88 bits per heavy atom. The standard InChI is InChI=1S/C20H23N2O2/c1-22(2,3)15-18-14-19(21-24-18)20(23,16-10-6-4-7-11-16)17-12-8-5-9-13-17/h4-14,23H,15H2,1-3H3/q+1. The zero-order valence-electron chi connectivity index (χ0n) is 14.3. The van der Waals surface area contributed by atoms with Crippen LogP contribution >= 0.6 is 0 Å². The van der Waals surface area contributed by atoms with Gasteiger partial charge in [0.05, 0.1) is 21.1 Å². The number of nitrogens with zero attached hydrogens (tertiary/aromatic N) is 2. The van der Waals surface area contributed by atoms with Crippen molar-refractivity contribution in [2.45, 2.75) is 12.1 Å². The molecule has 1 heterocycles. The van der Waals surface area contributed by atoms with Crippen molar-refractivity contribution < 1.29 is 14.1 Å². The maximum absolute atomic E-state index is 11.6. The molecule has 124 valence electrons. The van der Waals surface area contributed by atoms with Gasteiger partial charge in [-0.05, 0) is 11.1 Å². The normalized spacial score (nSPS) is 12.3. The van der Waals surface area contributed by atoms with Gasteiger partial charge in [-0.25, -0.2) is 0 Å². The van der Waals surface area contributed by atoms with Gasteiger partial charge in [-0.1, -0.05) is 65.8 Å². The molecule has 0 fully saturated rings. The van der Waals surface area contributed by atoms with Gasteiger partial charge in [-0.15, -0.1) is 0 Å². The van der Waals surface area contributed by atoms with Crippen LogP contribution in [0.3, 0.4) is 0 Å². The molecule has 0 atom stereocenters. The number of hydrogen-bond acceptors (Lipinski definition) is 3. The highest BCUT2D eigenvalue weighted by molar-refractivity contribution is 5.44. The number of hydrogen-bond donors (Lipinski definition) is 1. The maximum atomic E-state index is 11.6. The zero-order chi connectivity index (χ0) is 17.2. The fourth-order valence-corrected chi connectivity index (χ4v) is 2.85. The van der Waals surface area contributed by atoms with Crippen molar-refractivity contribution in [3.63, 3.8) is 0 Å². The molecule has 0 amide bonds. The smallest absolute Gasteiger partial charge is 0.191 e. The second kappa shape index (κ2) is 6.23. The van der Waals surface area contributed by atoms with Crippen LogP contribution in [0.1, 0.15) is 22.6 Å². The second-order valence-electron chi connectivity index (χ2n) is 7.07. The summed E-state index contributed by atoms with van der Waals surface area (Å²) in [5.41, 5.74) is 0.695. The van der Waals surface area contributed by atoms with Crippen LogP contribution in [0, 0.1) is 0 Å². The average Bonchev–Trinajstić information content (AvgIpc) is 3.02. The monoisotopic (exact) mass is 323 g/mol. The molecule has 0 saturated carbocycles. The first-order valence-electron chi connectivity index (χ1n) is 7.99. The van der Waals surface area contributed by atoms with Gasteiger partial charge in [0.1, 0.15) is 12.2 Å². The lowest BCUT2D eigenvalue weighted by Crippen LogP contribution is -2.33. The number of aliphatic hydroxyl groups is 1. The molecule has 0 aliphatic carbocycles. The SMILES string of the molecule is C[N+](C)(C)Cc1cc(C(O)(c2ccccc2)c2ccccc2)no1. The predicted octanol–water partition coefficient (Wildman–Crippen LogP) is 3.17. The third-order valence-electron chi connectivity index (χ3n) is 3.94. The quantitative estimate of drug-likeness (QED) is 0.734. The molecule has 0 spiro atoms. The average molecular weight is 323 g/mol. The topological polar surface area (TPSA) is 46.3 Å². The number of quaternary nitrogens is 1. The van der Waals surface area contributed by atoms with Crippen molar-refractivity contribution >= 4 is 0 Å². The Bertz CT molecular complexity index is 750. The molecule has 0 bridgehead atoms. The van der Waals surface area contributed by atoms with E-state index in [0.29, 0.717) is 12.2 Å². The summed E-state index contributed by atoms with van der Waals surface area (Å²) >= 11 is 0. The van der Waals surface area contributed by atoms with Crippen LogP contribution in [-0.2, 0) is 12.1 Å². The van der Waals surface area contributed by atoms with Crippen LogP contribution in [-0.4, -0.2) is 35.9 Å². The number of benzene rings is 2. The van der Waals surface area contributed by atoms with Gasteiger partial charge in [-0.2, -0.15) is 0 Å². The van der Waals surface area contributed by atoms with E-state index in [0.717, 1.165) is 21.4 Å². The highest BCUT2D eigenvalue weighted by Crippen LogP contribution is 2.36. The summed E-state index contributed by atoms with van der Waals surface area (Å²) < 4.78 is 6.23. The Labute approximate surface area is 142 Å². The first kappa shape index (κ1) is 16.4. The molecule has 0 aliphatic rings. The molecule has 1 N–H and O–H groups in total. The molecule has 4 nitrogen and oxygen atoms in total. The summed E-state index contributed by atoms with van der Waals surface area (Å²) in [7, 11) is 6.26. The molecule has 24 heavy (non-hydrogen) atoms. The lowest BCUT2D eigenvalue weighted by Gasteiger charge is -2.27. The van der Waals surface area contributed by atoms with Crippen LogP contribution in [0.15, 0.2) is 71.3 Å². The Balaban J connectivity index is 2.10. The van der Waals surface area contributed by atoms with Gasteiger partial charge in [0.25, 0.3) is 0 Å². The molecule has 3 rings (SSSR count). The minimum atomic E-state index is -1.34. The van der Waals surface area contributed by atoms with E-state index in [-0.39, 0.29) is 0 Å². The van der Waals surface area contributed by atoms with Crippen LogP contribution in [0.5, 0.6) is 0 Å². The highest BCUT2D eigenvalue weighted by Gasteiger charge is 2.37. The second-order valence-corrected chi connectivity index (χ2v) is 7.07. The summed E-state index contributed by atoms with van der Waals surface area (Å²) in [5, 5.41) is 15.8. The van der Waals surface area contributed by atoms with Crippen molar-refractivity contribution in [1.29, 1.82) is 0 Å². The fraction of sp³-hybridized carbons (Fsp3) is 0.250. The number of rotatable bonds is 5. The van der Waals surface area contributed by atoms with Crippen LogP contribution < -0.4 is 0 Å². The van der Waals surface area contributed by atoms with Gasteiger partial charge in [0.15, 0.2) is 11.4 Å². The molecule has 2 aromatic carbocycles. The Morgan fingerprint density at radius 2 is 1.42 bits per heavy atom. The molecule has 0 unspecified atom stereocenters. The van der Waals surface area contributed by atoms with Gasteiger partial charge >= 0.3 is 0 Å². The Hall–Kier alpha value is -2.43. The third-order valence-corrected chi connectivity index (χ3v) is 3.94. The first-order valence-corrected chi connectivity index (χ1v) is 7.99. The molecule has 3 aromatic rings. The largest absolute Gasteiger partial charge is 0.374 e. The Kier molecular flexibility index (Phi) is 4.26. The summed E-state index contributed by atoms with van der Waals surface area (Å²) in [6.45, 7) is 0.701. The van der Waals surface area contributed by atoms with Gasteiger partial charge < -0.3 is 14.1 Å². The minimum absolute atomic E-state index is 0.503. The zero-order valence-corrected chi connectivity index (χ0v) is 14.3. The third kappa shape index (κ3) is 3.25. The summed E-state index contributed by atoms with van der Waals surface area (Å²) in [5.74, 6) is 0.753. The predicted molar refractivity (Wildman–Crippen MR) is 93.2 cm³/mol. The van der Waals surface area contributed by atoms with Gasteiger partial charge in [0, 0.05) is 6.07 Å². The lowest BCUT2D eigenvalue weighted by molar-refractivity contribution is -0.885.